The number of aromatic nitrogens is 6. The second-order valence-electron chi connectivity index (χ2n) is 15.4. The molecule has 4 aromatic rings. The van der Waals surface area contributed by atoms with E-state index < -0.39 is 88.3 Å². The van der Waals surface area contributed by atoms with Crippen molar-refractivity contribution in [3.63, 3.8) is 0 Å². The number of carbonyl (C=O) groups is 1. The van der Waals surface area contributed by atoms with Crippen molar-refractivity contribution in [2.45, 2.75) is 133 Å². The molecule has 0 saturated carbocycles. The number of unbranched alkanes of at least 4 members (excludes halogenated alkanes) is 8. The Morgan fingerprint density at radius 2 is 1.51 bits per heavy atom. The van der Waals surface area contributed by atoms with Crippen molar-refractivity contribution in [2.75, 3.05) is 13.2 Å². The van der Waals surface area contributed by atoms with Crippen LogP contribution < -0.4 is 16.0 Å². The number of esters is 1. The second kappa shape index (κ2) is 21.1. The molecule has 2 unspecified atom stereocenters. The van der Waals surface area contributed by atoms with Crippen LogP contribution >= 0.6 is 26.0 Å². The minimum Gasteiger partial charge on any atom is -0.427 e. The minimum atomic E-state index is -5.20. The van der Waals surface area contributed by atoms with E-state index in [-0.39, 0.29) is 23.8 Å². The molecule has 0 amide bonds. The van der Waals surface area contributed by atoms with Crippen LogP contribution in [0.1, 0.15) is 94.8 Å². The van der Waals surface area contributed by atoms with E-state index >= 15 is 8.78 Å². The van der Waals surface area contributed by atoms with Gasteiger partial charge in [0, 0.05) is 24.4 Å². The molecule has 2 N–H and O–H groups in total. The zero-order valence-corrected chi connectivity index (χ0v) is 37.2. The van der Waals surface area contributed by atoms with Gasteiger partial charge in [-0.1, -0.05) is 70.4 Å². The molecule has 6 heterocycles. The highest BCUT2D eigenvalue weighted by Crippen LogP contribution is 2.65. The Morgan fingerprint density at radius 3 is 2.19 bits per heavy atom. The van der Waals surface area contributed by atoms with Crippen LogP contribution in [0.4, 0.5) is 8.78 Å². The number of nitrogens with one attached hydrogen (secondary N) is 1. The third-order valence-electron chi connectivity index (χ3n) is 10.8. The quantitative estimate of drug-likeness (QED) is 0.0501. The van der Waals surface area contributed by atoms with Gasteiger partial charge in [-0.25, -0.2) is 37.7 Å². The molecule has 63 heavy (non-hydrogen) atoms. The van der Waals surface area contributed by atoms with Crippen LogP contribution in [0.5, 0.6) is 5.75 Å². The fraction of sp³-hybridized carbons (Fsp3) is 0.590. The maximum atomic E-state index is 16.4. The number of phosphoric ester groups is 1. The standard InChI is InChI=1S/C39H50F2N6O13P2S/c1-3-4-5-6-7-8-9-10-11-12-30(49)56-26-15-13-25(14-16-26)21-63-62(53)55-20-28-34(31(40)38(58-28)47-23-44-33-24(2)42-22-43-36(33)47)59-61(51,52)54-19-27-35(60-62)32(41)37(57-27)46-18-17-29(48)45-39(46)50/h13-18,22-23,27-28,31-32,34-35,37-38H,3-12,19-21H2,1-2H3,(H,51,52)(H,45,48,50)/t27-,28-,31-,32-,34-,35-,37-,38-,62?/m1/s1. The van der Waals surface area contributed by atoms with Crippen LogP contribution in [0, 0.1) is 6.92 Å². The van der Waals surface area contributed by atoms with Crippen molar-refractivity contribution in [1.29, 1.82) is 0 Å². The van der Waals surface area contributed by atoms with Gasteiger partial charge < -0.3 is 19.1 Å². The third-order valence-corrected chi connectivity index (χ3v) is 15.4. The molecule has 19 nitrogen and oxygen atoms in total. The van der Waals surface area contributed by atoms with Crippen molar-refractivity contribution in [2.24, 2.45) is 0 Å². The SMILES string of the molecule is CCCCCCCCCCCC(=O)Oc1ccc(CSP2(=O)OC[C@H]3O[C@@H](n4cnc5c(C)ncnc54)[C@H](F)[C@@H]3OP(=O)(O)OC[C@H]3O[C@@H](n4ccc(=O)[nH]c4=O)[C@H](F)[C@@H]3O2)cc1. The Bertz CT molecular complexity index is 2410. The number of rotatable bonds is 16. The normalized spacial score (nSPS) is 30.0. The van der Waals surface area contributed by atoms with Crippen molar-refractivity contribution in [3.05, 3.63) is 81.3 Å². The van der Waals surface area contributed by atoms with Gasteiger partial charge in [-0.3, -0.25) is 41.8 Å². The van der Waals surface area contributed by atoms with Gasteiger partial charge in [0.25, 0.3) is 5.56 Å². The summed E-state index contributed by atoms with van der Waals surface area (Å²) < 4.78 is 103. The zero-order valence-electron chi connectivity index (χ0n) is 34.6. The van der Waals surface area contributed by atoms with Crippen molar-refractivity contribution >= 4 is 43.1 Å². The lowest BCUT2D eigenvalue weighted by molar-refractivity contribution is -0.134. The number of imidazole rings is 1. The highest BCUT2D eigenvalue weighted by Gasteiger charge is 2.55. The first kappa shape index (κ1) is 47.3. The summed E-state index contributed by atoms with van der Waals surface area (Å²) in [4.78, 5) is 62.2. The summed E-state index contributed by atoms with van der Waals surface area (Å²) in [6, 6.07) is 7.35. The predicted octanol–water partition coefficient (Wildman–Crippen LogP) is 6.94. The Labute approximate surface area is 364 Å². The topological polar surface area (TPSA) is 235 Å². The fourth-order valence-electron chi connectivity index (χ4n) is 7.47. The highest BCUT2D eigenvalue weighted by atomic mass is 32.7. The average molecular weight is 943 g/mol. The Kier molecular flexibility index (Phi) is 15.8. The number of aromatic amines is 1. The average Bonchev–Trinajstić information content (AvgIpc) is 3.91. The maximum Gasteiger partial charge on any atom is 0.472 e. The second-order valence-corrected chi connectivity index (χ2v) is 20.9. The van der Waals surface area contributed by atoms with Crippen LogP contribution in [-0.4, -0.2) is 89.9 Å². The van der Waals surface area contributed by atoms with Crippen molar-refractivity contribution in [3.8, 4) is 5.75 Å². The summed E-state index contributed by atoms with van der Waals surface area (Å²) in [7, 11) is -5.20. The number of nitrogens with zero attached hydrogens (tertiary/aromatic N) is 5. The first-order valence-corrected chi connectivity index (χ1v) is 25.4. The van der Waals surface area contributed by atoms with Gasteiger partial charge >= 0.3 is 26.3 Å². The number of benzene rings is 1. The molecule has 0 bridgehead atoms. The molecule has 7 rings (SSSR count). The first-order chi connectivity index (χ1) is 30.2. The molecule has 1 aromatic carbocycles. The molecular weight excluding hydrogens is 892 g/mol. The van der Waals surface area contributed by atoms with E-state index in [9.17, 15) is 28.4 Å². The van der Waals surface area contributed by atoms with E-state index in [0.29, 0.717) is 33.9 Å². The van der Waals surface area contributed by atoms with Gasteiger partial charge in [-0.05, 0) is 42.4 Å². The largest absolute Gasteiger partial charge is 0.472 e. The Hall–Kier alpha value is -3.69. The van der Waals surface area contributed by atoms with E-state index in [2.05, 4.69) is 21.9 Å². The van der Waals surface area contributed by atoms with Crippen LogP contribution in [-0.2, 0) is 47.2 Å². The lowest BCUT2D eigenvalue weighted by atomic mass is 10.1. The van der Waals surface area contributed by atoms with Gasteiger partial charge in [0.2, 0.25) is 0 Å². The predicted molar refractivity (Wildman–Crippen MR) is 223 cm³/mol. The van der Waals surface area contributed by atoms with Gasteiger partial charge in [0.15, 0.2) is 30.4 Å². The van der Waals surface area contributed by atoms with Crippen molar-refractivity contribution in [1.82, 2.24) is 29.1 Å². The van der Waals surface area contributed by atoms with E-state index in [1.54, 1.807) is 31.2 Å². The summed E-state index contributed by atoms with van der Waals surface area (Å²) >= 11 is 0.634. The molecule has 0 aliphatic carbocycles. The number of carbonyl (C=O) groups excluding carboxylic acids is 1. The van der Waals surface area contributed by atoms with Gasteiger partial charge in [-0.2, -0.15) is 0 Å². The number of phosphoric acid groups is 1. The molecular formula is C39H50F2N6O13P2S. The smallest absolute Gasteiger partial charge is 0.427 e. The minimum absolute atomic E-state index is 0.0653. The first-order valence-electron chi connectivity index (χ1n) is 20.8. The van der Waals surface area contributed by atoms with Crippen LogP contribution in [0.15, 0.2) is 58.8 Å². The molecule has 3 aliphatic rings. The number of H-pyrrole nitrogens is 1. The van der Waals surface area contributed by atoms with E-state index in [1.165, 1.54) is 49.3 Å². The third kappa shape index (κ3) is 11.8. The molecule has 10 atom stereocenters. The number of ether oxygens (including phenoxy) is 3. The lowest BCUT2D eigenvalue weighted by Crippen LogP contribution is -2.38. The summed E-state index contributed by atoms with van der Waals surface area (Å²) in [5.41, 5.74) is -0.218. The number of halogens is 2. The summed E-state index contributed by atoms with van der Waals surface area (Å²) in [5.74, 6) is -0.126. The number of hydrogen-bond acceptors (Lipinski definition) is 16. The molecule has 3 aliphatic heterocycles. The zero-order chi connectivity index (χ0) is 44.7. The molecule has 3 aromatic heterocycles. The molecule has 344 valence electrons. The number of alkyl halides is 2. The van der Waals surface area contributed by atoms with Gasteiger partial charge in [-0.15, -0.1) is 0 Å². The summed E-state index contributed by atoms with van der Waals surface area (Å²) in [5, 5.41) is 0. The van der Waals surface area contributed by atoms with E-state index in [1.807, 2.05) is 4.98 Å². The molecule has 0 radical (unpaired) electrons. The molecule has 3 fully saturated rings. The lowest BCUT2D eigenvalue weighted by Gasteiger charge is -2.29. The maximum absolute atomic E-state index is 16.4. The summed E-state index contributed by atoms with van der Waals surface area (Å²) in [6.45, 7) is -2.42. The Morgan fingerprint density at radius 1 is 0.873 bits per heavy atom. The fourth-order valence-corrected chi connectivity index (χ4v) is 11.8. The van der Waals surface area contributed by atoms with E-state index in [4.69, 9.17) is 32.3 Å². The van der Waals surface area contributed by atoms with Crippen molar-refractivity contribution < 1.29 is 59.9 Å². The summed E-state index contributed by atoms with van der Waals surface area (Å²) in [6.07, 6.45) is -0.877. The molecule has 3 saturated heterocycles. The van der Waals surface area contributed by atoms with Gasteiger partial charge in [0.05, 0.1) is 25.2 Å². The van der Waals surface area contributed by atoms with Crippen LogP contribution in [0.25, 0.3) is 11.2 Å². The highest BCUT2D eigenvalue weighted by molar-refractivity contribution is 8.54. The van der Waals surface area contributed by atoms with Crippen LogP contribution in [0.2, 0.25) is 0 Å². The number of hydrogen-bond donors (Lipinski definition) is 2. The van der Waals surface area contributed by atoms with E-state index in [0.717, 1.165) is 42.5 Å². The number of aryl methyl sites for hydroxylation is 1. The van der Waals surface area contributed by atoms with Crippen LogP contribution in [0.3, 0.4) is 0 Å². The number of fused-ring (bicyclic) bond motifs is 3. The molecule has 0 spiro atoms. The Balaban J connectivity index is 1.07. The molecule has 24 heteroatoms. The van der Waals surface area contributed by atoms with Gasteiger partial charge in [0.1, 0.15) is 42.0 Å². The monoisotopic (exact) mass is 942 g/mol.